The van der Waals surface area contributed by atoms with Crippen molar-refractivity contribution < 1.29 is 9.90 Å². The minimum atomic E-state index is -0.962. The van der Waals surface area contributed by atoms with E-state index in [1.165, 1.54) is 11.3 Å². The fourth-order valence-corrected chi connectivity index (χ4v) is 3.06. The topological polar surface area (TPSA) is 50.2 Å². The molecule has 5 heteroatoms. The molecule has 0 bridgehead atoms. The fourth-order valence-electron chi connectivity index (χ4n) is 1.43. The van der Waals surface area contributed by atoms with Gasteiger partial charge in [-0.25, -0.2) is 4.98 Å². The number of nitrogens with zero attached hydrogens (tertiary/aromatic N) is 1. The lowest BCUT2D eigenvalue weighted by molar-refractivity contribution is -0.142. The van der Waals surface area contributed by atoms with Crippen LogP contribution in [0.25, 0.3) is 10.6 Å². The highest BCUT2D eigenvalue weighted by Crippen LogP contribution is 2.33. The van der Waals surface area contributed by atoms with E-state index in [-0.39, 0.29) is 0 Å². The number of thiazole rings is 1. The van der Waals surface area contributed by atoms with E-state index in [0.29, 0.717) is 5.69 Å². The lowest BCUT2D eigenvalue weighted by Gasteiger charge is -2.15. The van der Waals surface area contributed by atoms with Crippen molar-refractivity contribution in [3.63, 3.8) is 0 Å². The summed E-state index contributed by atoms with van der Waals surface area (Å²) < 4.78 is 0.957. The molecule has 0 aliphatic rings. The van der Waals surface area contributed by atoms with Gasteiger partial charge in [0.15, 0.2) is 0 Å². The molecule has 94 valence electrons. The monoisotopic (exact) mass is 325 g/mol. The van der Waals surface area contributed by atoms with Gasteiger partial charge in [-0.15, -0.1) is 11.3 Å². The maximum absolute atomic E-state index is 11.2. The molecule has 1 N–H and O–H groups in total. The number of halogens is 1. The number of aliphatic carboxylic acids is 1. The smallest absolute Gasteiger partial charge is 0.315 e. The predicted molar refractivity (Wildman–Crippen MR) is 75.9 cm³/mol. The van der Waals surface area contributed by atoms with Gasteiger partial charge in [-0.3, -0.25) is 4.79 Å². The first-order chi connectivity index (χ1) is 8.43. The molecule has 0 amide bonds. The van der Waals surface area contributed by atoms with Crippen LogP contribution in [-0.2, 0) is 10.2 Å². The van der Waals surface area contributed by atoms with Crippen LogP contribution in [0.4, 0.5) is 0 Å². The summed E-state index contributed by atoms with van der Waals surface area (Å²) in [5, 5.41) is 11.8. The average molecular weight is 326 g/mol. The second kappa shape index (κ2) is 4.82. The molecule has 1 heterocycles. The highest BCUT2D eigenvalue weighted by Gasteiger charge is 2.32. The molecular formula is C13H12BrNO2S. The predicted octanol–water partition coefficient (Wildman–Crippen LogP) is 3.93. The van der Waals surface area contributed by atoms with Gasteiger partial charge in [-0.1, -0.05) is 34.1 Å². The second-order valence-electron chi connectivity index (χ2n) is 4.45. The first-order valence-electron chi connectivity index (χ1n) is 5.37. The van der Waals surface area contributed by atoms with Gasteiger partial charge in [0.2, 0.25) is 0 Å². The fraction of sp³-hybridized carbons (Fsp3) is 0.231. The molecule has 0 unspecified atom stereocenters. The maximum Gasteiger partial charge on any atom is 0.315 e. The van der Waals surface area contributed by atoms with Crippen molar-refractivity contribution in [3.05, 3.63) is 39.8 Å². The van der Waals surface area contributed by atoms with Crippen LogP contribution in [0, 0.1) is 0 Å². The number of benzene rings is 1. The minimum Gasteiger partial charge on any atom is -0.481 e. The Labute approximate surface area is 118 Å². The Bertz CT molecular complexity index is 592. The molecule has 0 aliphatic heterocycles. The summed E-state index contributed by atoms with van der Waals surface area (Å²) in [6.07, 6.45) is 0. The van der Waals surface area contributed by atoms with E-state index < -0.39 is 11.4 Å². The number of carboxylic acids is 1. The number of hydrogen-bond donors (Lipinski definition) is 1. The van der Waals surface area contributed by atoms with Gasteiger partial charge in [0.1, 0.15) is 10.4 Å². The molecule has 0 atom stereocenters. The van der Waals surface area contributed by atoms with Crippen LogP contribution in [0.2, 0.25) is 0 Å². The molecule has 1 aromatic heterocycles. The molecule has 0 radical (unpaired) electrons. The summed E-state index contributed by atoms with van der Waals surface area (Å²) in [6.45, 7) is 3.32. The summed E-state index contributed by atoms with van der Waals surface area (Å²) in [5.41, 5.74) is 0.608. The number of aromatic nitrogens is 1. The lowest BCUT2D eigenvalue weighted by atomic mass is 9.90. The molecule has 0 saturated carbocycles. The Balaban J connectivity index is 2.44. The van der Waals surface area contributed by atoms with Gasteiger partial charge in [0, 0.05) is 15.4 Å². The largest absolute Gasteiger partial charge is 0.481 e. The first kappa shape index (κ1) is 13.2. The van der Waals surface area contributed by atoms with Crippen molar-refractivity contribution in [1.82, 2.24) is 4.98 Å². The van der Waals surface area contributed by atoms with Crippen molar-refractivity contribution in [2.24, 2.45) is 0 Å². The summed E-state index contributed by atoms with van der Waals surface area (Å²) in [4.78, 5) is 15.6. The minimum absolute atomic E-state index is 0.589. The maximum atomic E-state index is 11.2. The molecule has 0 fully saturated rings. The normalized spacial score (nSPS) is 11.5. The molecule has 0 spiro atoms. The average Bonchev–Trinajstić information content (AvgIpc) is 2.79. The van der Waals surface area contributed by atoms with Crippen LogP contribution in [-0.4, -0.2) is 16.1 Å². The molecule has 1 aromatic carbocycles. The number of carboxylic acid groups (broad SMARTS) is 1. The summed E-state index contributed by atoms with van der Waals surface area (Å²) >= 11 is 4.93. The van der Waals surface area contributed by atoms with Crippen molar-refractivity contribution in [2.45, 2.75) is 19.3 Å². The van der Waals surface area contributed by atoms with Crippen LogP contribution >= 0.6 is 27.3 Å². The third-order valence-corrected chi connectivity index (χ3v) is 4.35. The van der Waals surface area contributed by atoms with Crippen LogP contribution < -0.4 is 0 Å². The van der Waals surface area contributed by atoms with Gasteiger partial charge in [-0.2, -0.15) is 0 Å². The van der Waals surface area contributed by atoms with Crippen LogP contribution in [0.1, 0.15) is 19.5 Å². The standard InChI is InChI=1S/C13H12BrNO2S/c1-13(2,12(16)17)10-7-18-11(15-10)8-5-3-4-6-9(8)14/h3-7H,1-2H3,(H,16,17). The van der Waals surface area contributed by atoms with E-state index in [4.69, 9.17) is 0 Å². The second-order valence-corrected chi connectivity index (χ2v) is 6.16. The number of hydrogen-bond acceptors (Lipinski definition) is 3. The SMILES string of the molecule is CC(C)(C(=O)O)c1csc(-c2ccccc2Br)n1. The molecule has 2 rings (SSSR count). The molecule has 2 aromatic rings. The molecule has 18 heavy (non-hydrogen) atoms. The summed E-state index contributed by atoms with van der Waals surface area (Å²) in [7, 11) is 0. The third-order valence-electron chi connectivity index (χ3n) is 2.78. The van der Waals surface area contributed by atoms with E-state index in [9.17, 15) is 9.90 Å². The Kier molecular flexibility index (Phi) is 3.54. The van der Waals surface area contributed by atoms with Gasteiger partial charge < -0.3 is 5.11 Å². The van der Waals surface area contributed by atoms with Crippen molar-refractivity contribution >= 4 is 33.2 Å². The first-order valence-corrected chi connectivity index (χ1v) is 7.04. The van der Waals surface area contributed by atoms with E-state index in [0.717, 1.165) is 15.0 Å². The Hall–Kier alpha value is -1.20. The molecule has 3 nitrogen and oxygen atoms in total. The highest BCUT2D eigenvalue weighted by molar-refractivity contribution is 9.10. The third kappa shape index (κ3) is 2.33. The van der Waals surface area contributed by atoms with Crippen LogP contribution in [0.5, 0.6) is 0 Å². The molecule has 0 aliphatic carbocycles. The zero-order chi connectivity index (χ0) is 13.3. The van der Waals surface area contributed by atoms with Crippen LogP contribution in [0.3, 0.4) is 0 Å². The molecular weight excluding hydrogens is 314 g/mol. The Morgan fingerprint density at radius 2 is 2.06 bits per heavy atom. The summed E-state index contributed by atoms with van der Waals surface area (Å²) in [5.74, 6) is -0.869. The van der Waals surface area contributed by atoms with E-state index in [1.807, 2.05) is 29.6 Å². The summed E-state index contributed by atoms with van der Waals surface area (Å²) in [6, 6.07) is 7.77. The van der Waals surface area contributed by atoms with Gasteiger partial charge in [0.05, 0.1) is 5.69 Å². The lowest BCUT2D eigenvalue weighted by Crippen LogP contribution is -2.28. The van der Waals surface area contributed by atoms with Crippen LogP contribution in [0.15, 0.2) is 34.1 Å². The van der Waals surface area contributed by atoms with Crippen molar-refractivity contribution in [2.75, 3.05) is 0 Å². The van der Waals surface area contributed by atoms with E-state index in [1.54, 1.807) is 13.8 Å². The Morgan fingerprint density at radius 1 is 1.39 bits per heavy atom. The van der Waals surface area contributed by atoms with Gasteiger partial charge in [-0.05, 0) is 19.9 Å². The quantitative estimate of drug-likeness (QED) is 0.929. The Morgan fingerprint density at radius 3 is 2.67 bits per heavy atom. The number of carbonyl (C=O) groups is 1. The highest BCUT2D eigenvalue weighted by atomic mass is 79.9. The zero-order valence-electron chi connectivity index (χ0n) is 9.98. The van der Waals surface area contributed by atoms with Crippen molar-refractivity contribution in [1.29, 1.82) is 0 Å². The van der Waals surface area contributed by atoms with E-state index >= 15 is 0 Å². The number of rotatable bonds is 3. The van der Waals surface area contributed by atoms with E-state index in [2.05, 4.69) is 20.9 Å². The van der Waals surface area contributed by atoms with Crippen molar-refractivity contribution in [3.8, 4) is 10.6 Å². The van der Waals surface area contributed by atoms with Gasteiger partial charge in [0.25, 0.3) is 0 Å². The zero-order valence-corrected chi connectivity index (χ0v) is 12.4. The molecule has 0 saturated heterocycles. The van der Waals surface area contributed by atoms with Gasteiger partial charge >= 0.3 is 5.97 Å².